The van der Waals surface area contributed by atoms with Crippen molar-refractivity contribution in [2.24, 2.45) is 5.73 Å². The number of rotatable bonds is 35. The Balaban J connectivity index is 3.94. The van der Waals surface area contributed by atoms with Gasteiger partial charge in [0, 0.05) is 19.8 Å². The minimum absolute atomic E-state index is 0.0202. The van der Waals surface area contributed by atoms with E-state index in [1.165, 1.54) is 135 Å². The Labute approximate surface area is 255 Å². The fraction of sp³-hybridized carbons (Fsp3) is 1.00. The molecule has 0 aromatic carbocycles. The SMILES string of the molecule is CCCCCCCCCCCCCCOCC(COP(=O)(O)OCCN)OCCCCCCCCCCCCCC. The minimum Gasteiger partial charge on any atom is -0.379 e. The van der Waals surface area contributed by atoms with Crippen LogP contribution in [0, 0.1) is 0 Å². The average molecular weight is 608 g/mol. The first kappa shape index (κ1) is 41.0. The van der Waals surface area contributed by atoms with Crippen molar-refractivity contribution in [2.75, 3.05) is 39.6 Å². The van der Waals surface area contributed by atoms with Crippen LogP contribution in [-0.2, 0) is 23.1 Å². The molecule has 3 N–H and O–H groups in total. The maximum absolute atomic E-state index is 12.0. The summed E-state index contributed by atoms with van der Waals surface area (Å²) in [5.74, 6) is 0. The normalized spacial score (nSPS) is 14.0. The summed E-state index contributed by atoms with van der Waals surface area (Å²) >= 11 is 0. The van der Waals surface area contributed by atoms with Crippen LogP contribution in [0.2, 0.25) is 0 Å². The molecule has 248 valence electrons. The van der Waals surface area contributed by atoms with E-state index < -0.39 is 7.82 Å². The van der Waals surface area contributed by atoms with Crippen molar-refractivity contribution >= 4 is 7.82 Å². The van der Waals surface area contributed by atoms with E-state index in [0.717, 1.165) is 19.3 Å². The molecular formula is C33H70NO6P. The highest BCUT2D eigenvalue weighted by Crippen LogP contribution is 2.43. The molecule has 41 heavy (non-hydrogen) atoms. The van der Waals surface area contributed by atoms with Crippen LogP contribution in [0.3, 0.4) is 0 Å². The lowest BCUT2D eigenvalue weighted by molar-refractivity contribution is -0.0443. The number of hydrogen-bond acceptors (Lipinski definition) is 6. The first-order valence-electron chi connectivity index (χ1n) is 17.6. The third-order valence-electron chi connectivity index (χ3n) is 7.59. The maximum Gasteiger partial charge on any atom is 0.472 e. The Hall–Kier alpha value is -0.0100. The summed E-state index contributed by atoms with van der Waals surface area (Å²) in [4.78, 5) is 9.83. The zero-order valence-corrected chi connectivity index (χ0v) is 28.2. The third-order valence-corrected chi connectivity index (χ3v) is 8.58. The van der Waals surface area contributed by atoms with Crippen LogP contribution in [0.1, 0.15) is 168 Å². The van der Waals surface area contributed by atoms with Gasteiger partial charge in [0.25, 0.3) is 0 Å². The van der Waals surface area contributed by atoms with Gasteiger partial charge in [-0.05, 0) is 12.8 Å². The molecule has 0 aromatic rings. The molecule has 0 saturated heterocycles. The summed E-state index contributed by atoms with van der Waals surface area (Å²) < 4.78 is 33.9. The van der Waals surface area contributed by atoms with Crippen LogP contribution in [0.4, 0.5) is 0 Å². The average Bonchev–Trinajstić information content (AvgIpc) is 2.97. The molecule has 0 saturated carbocycles. The van der Waals surface area contributed by atoms with Gasteiger partial charge < -0.3 is 20.1 Å². The van der Waals surface area contributed by atoms with E-state index in [1.807, 2.05) is 0 Å². The van der Waals surface area contributed by atoms with Gasteiger partial charge in [-0.15, -0.1) is 0 Å². The second-order valence-electron chi connectivity index (χ2n) is 11.7. The molecule has 0 heterocycles. The Kier molecular flexibility index (Phi) is 32.9. The van der Waals surface area contributed by atoms with Crippen molar-refractivity contribution in [3.05, 3.63) is 0 Å². The van der Waals surface area contributed by atoms with E-state index in [2.05, 4.69) is 13.8 Å². The van der Waals surface area contributed by atoms with Crippen LogP contribution in [-0.4, -0.2) is 50.6 Å². The van der Waals surface area contributed by atoms with E-state index in [4.69, 9.17) is 24.3 Å². The summed E-state index contributed by atoms with van der Waals surface area (Å²) in [5, 5.41) is 0. The van der Waals surface area contributed by atoms with E-state index in [-0.39, 0.29) is 25.9 Å². The highest BCUT2D eigenvalue weighted by molar-refractivity contribution is 7.47. The number of phosphoric ester groups is 1. The standard InChI is InChI=1S/C33H70NO6P/c1-3-5-7-9-11-13-15-17-19-21-23-25-28-37-31-33(32-40-41(35,36)39-30-27-34)38-29-26-24-22-20-18-16-14-12-10-8-6-4-2/h33H,3-32,34H2,1-2H3,(H,35,36). The molecule has 0 radical (unpaired) electrons. The van der Waals surface area contributed by atoms with E-state index >= 15 is 0 Å². The van der Waals surface area contributed by atoms with Crippen LogP contribution in [0.5, 0.6) is 0 Å². The Bertz CT molecular complexity index is 554. The van der Waals surface area contributed by atoms with Crippen LogP contribution in [0.25, 0.3) is 0 Å². The molecule has 0 bridgehead atoms. The fourth-order valence-electron chi connectivity index (χ4n) is 4.98. The fourth-order valence-corrected chi connectivity index (χ4v) is 5.75. The topological polar surface area (TPSA) is 100 Å². The molecule has 0 fully saturated rings. The summed E-state index contributed by atoms with van der Waals surface area (Å²) in [6.45, 7) is 6.28. The van der Waals surface area contributed by atoms with Crippen LogP contribution in [0.15, 0.2) is 0 Å². The number of nitrogens with two attached hydrogens (primary N) is 1. The molecule has 2 atom stereocenters. The second kappa shape index (κ2) is 32.9. The highest BCUT2D eigenvalue weighted by Gasteiger charge is 2.23. The van der Waals surface area contributed by atoms with Crippen LogP contribution < -0.4 is 5.73 Å². The first-order chi connectivity index (χ1) is 20.1. The van der Waals surface area contributed by atoms with Crippen molar-refractivity contribution in [1.29, 1.82) is 0 Å². The van der Waals surface area contributed by atoms with E-state index in [1.54, 1.807) is 0 Å². The van der Waals surface area contributed by atoms with Gasteiger partial charge in [-0.1, -0.05) is 155 Å². The van der Waals surface area contributed by atoms with Crippen molar-refractivity contribution in [2.45, 2.75) is 174 Å². The first-order valence-corrected chi connectivity index (χ1v) is 19.1. The van der Waals surface area contributed by atoms with Gasteiger partial charge in [0.2, 0.25) is 0 Å². The highest BCUT2D eigenvalue weighted by atomic mass is 31.2. The maximum atomic E-state index is 12.0. The second-order valence-corrected chi connectivity index (χ2v) is 13.2. The van der Waals surface area contributed by atoms with Gasteiger partial charge in [0.1, 0.15) is 6.10 Å². The Morgan fingerprint density at radius 1 is 0.537 bits per heavy atom. The molecule has 0 spiro atoms. The van der Waals surface area contributed by atoms with Gasteiger partial charge in [0.05, 0.1) is 19.8 Å². The van der Waals surface area contributed by atoms with Crippen molar-refractivity contribution in [3.8, 4) is 0 Å². The molecule has 0 aromatic heterocycles. The Morgan fingerprint density at radius 2 is 0.927 bits per heavy atom. The van der Waals surface area contributed by atoms with Gasteiger partial charge in [-0.2, -0.15) is 0 Å². The summed E-state index contributed by atoms with van der Waals surface area (Å²) in [6, 6.07) is 0. The van der Waals surface area contributed by atoms with Gasteiger partial charge >= 0.3 is 7.82 Å². The zero-order valence-electron chi connectivity index (χ0n) is 27.3. The van der Waals surface area contributed by atoms with Gasteiger partial charge in [-0.3, -0.25) is 9.05 Å². The predicted octanol–water partition coefficient (Wildman–Crippen LogP) is 9.88. The number of unbranched alkanes of at least 4 members (excludes halogenated alkanes) is 22. The summed E-state index contributed by atoms with van der Waals surface area (Å²) in [7, 11) is -4.12. The minimum atomic E-state index is -4.12. The molecule has 8 heteroatoms. The molecule has 0 aliphatic carbocycles. The van der Waals surface area contributed by atoms with Crippen LogP contribution >= 0.6 is 7.82 Å². The lowest BCUT2D eigenvalue weighted by Gasteiger charge is -2.20. The van der Waals surface area contributed by atoms with E-state index in [9.17, 15) is 9.46 Å². The molecule has 0 rings (SSSR count). The lowest BCUT2D eigenvalue weighted by atomic mass is 10.1. The molecule has 0 aliphatic rings. The number of ether oxygens (including phenoxy) is 2. The Morgan fingerprint density at radius 3 is 1.34 bits per heavy atom. The number of phosphoric acid groups is 1. The molecular weight excluding hydrogens is 537 g/mol. The number of hydrogen-bond donors (Lipinski definition) is 2. The monoisotopic (exact) mass is 607 g/mol. The quantitative estimate of drug-likeness (QED) is 0.0546. The largest absolute Gasteiger partial charge is 0.472 e. The third kappa shape index (κ3) is 32.7. The summed E-state index contributed by atoms with van der Waals surface area (Å²) in [6.07, 6.45) is 30.9. The van der Waals surface area contributed by atoms with Crippen molar-refractivity contribution in [1.82, 2.24) is 0 Å². The van der Waals surface area contributed by atoms with Crippen molar-refractivity contribution in [3.63, 3.8) is 0 Å². The summed E-state index contributed by atoms with van der Waals surface area (Å²) in [5.41, 5.74) is 5.36. The smallest absolute Gasteiger partial charge is 0.379 e. The van der Waals surface area contributed by atoms with Gasteiger partial charge in [-0.25, -0.2) is 4.57 Å². The molecule has 0 aliphatic heterocycles. The van der Waals surface area contributed by atoms with E-state index in [0.29, 0.717) is 19.8 Å². The molecule has 7 nitrogen and oxygen atoms in total. The zero-order chi connectivity index (χ0) is 30.1. The molecule has 2 unspecified atom stereocenters. The van der Waals surface area contributed by atoms with Gasteiger partial charge in [0.15, 0.2) is 0 Å². The predicted molar refractivity (Wildman–Crippen MR) is 173 cm³/mol. The van der Waals surface area contributed by atoms with Crippen molar-refractivity contribution < 1.29 is 28.0 Å². The molecule has 0 amide bonds. The lowest BCUT2D eigenvalue weighted by Crippen LogP contribution is -2.26.